The van der Waals surface area contributed by atoms with E-state index in [0.29, 0.717) is 5.56 Å². The smallest absolute Gasteiger partial charge is 0.334 e. The van der Waals surface area contributed by atoms with Crippen LogP contribution < -0.4 is 10.7 Å². The number of hydrogen-bond donors (Lipinski definition) is 2. The van der Waals surface area contributed by atoms with Crippen molar-refractivity contribution in [3.63, 3.8) is 0 Å². The summed E-state index contributed by atoms with van der Waals surface area (Å²) in [5.41, 5.74) is 2.64. The Balaban J connectivity index is 1.87. The molecule has 1 aromatic rings. The molecule has 112 valence electrons. The topological polar surface area (TPSA) is 96.6 Å². The molecular formula is C14H18N4O3. The monoisotopic (exact) mass is 290 g/mol. The van der Waals surface area contributed by atoms with Gasteiger partial charge in [-0.1, -0.05) is 31.4 Å². The molecule has 2 rings (SSSR count). The third-order valence-corrected chi connectivity index (χ3v) is 3.44. The van der Waals surface area contributed by atoms with Crippen LogP contribution in [0.2, 0.25) is 0 Å². The molecule has 0 spiro atoms. The van der Waals surface area contributed by atoms with Crippen LogP contribution in [-0.2, 0) is 0 Å². The van der Waals surface area contributed by atoms with Gasteiger partial charge in [0.25, 0.3) is 5.69 Å². The summed E-state index contributed by atoms with van der Waals surface area (Å²) in [5, 5.41) is 17.4. The van der Waals surface area contributed by atoms with Crippen molar-refractivity contribution in [3.05, 3.63) is 39.9 Å². The van der Waals surface area contributed by atoms with Crippen LogP contribution in [0.25, 0.3) is 0 Å². The Hall–Kier alpha value is -2.44. The molecule has 0 aromatic heterocycles. The minimum atomic E-state index is -0.483. The number of nitro groups is 1. The number of urea groups is 1. The molecule has 1 fully saturated rings. The predicted octanol–water partition coefficient (Wildman–Crippen LogP) is 2.56. The first-order chi connectivity index (χ1) is 10.2. The van der Waals surface area contributed by atoms with E-state index < -0.39 is 4.92 Å². The van der Waals surface area contributed by atoms with E-state index in [1.54, 1.807) is 18.2 Å². The second-order valence-corrected chi connectivity index (χ2v) is 4.99. The van der Waals surface area contributed by atoms with Gasteiger partial charge >= 0.3 is 6.03 Å². The fourth-order valence-electron chi connectivity index (χ4n) is 2.39. The number of para-hydroxylation sites is 1. The number of hydrazone groups is 1. The highest BCUT2D eigenvalue weighted by molar-refractivity contribution is 5.86. The summed E-state index contributed by atoms with van der Waals surface area (Å²) in [6.45, 7) is 0. The molecule has 1 aromatic carbocycles. The van der Waals surface area contributed by atoms with Crippen LogP contribution in [0.15, 0.2) is 29.4 Å². The molecule has 0 radical (unpaired) electrons. The second-order valence-electron chi connectivity index (χ2n) is 4.99. The van der Waals surface area contributed by atoms with Gasteiger partial charge in [0.2, 0.25) is 0 Å². The average Bonchev–Trinajstić information content (AvgIpc) is 2.48. The van der Waals surface area contributed by atoms with Crippen molar-refractivity contribution >= 4 is 17.9 Å². The maximum atomic E-state index is 11.7. The molecule has 21 heavy (non-hydrogen) atoms. The Bertz CT molecular complexity index is 539. The van der Waals surface area contributed by atoms with Crippen molar-refractivity contribution < 1.29 is 9.72 Å². The highest BCUT2D eigenvalue weighted by atomic mass is 16.6. The summed E-state index contributed by atoms with van der Waals surface area (Å²) in [6, 6.07) is 6.04. The lowest BCUT2D eigenvalue weighted by atomic mass is 9.96. The zero-order chi connectivity index (χ0) is 15.1. The molecule has 2 N–H and O–H groups in total. The van der Waals surface area contributed by atoms with Crippen molar-refractivity contribution in [2.24, 2.45) is 5.10 Å². The quantitative estimate of drug-likeness (QED) is 0.506. The molecule has 0 heterocycles. The highest BCUT2D eigenvalue weighted by Gasteiger charge is 2.15. The number of benzene rings is 1. The van der Waals surface area contributed by atoms with Gasteiger partial charge in [-0.25, -0.2) is 10.2 Å². The average molecular weight is 290 g/mol. The molecule has 2 amide bonds. The van der Waals surface area contributed by atoms with Crippen LogP contribution >= 0.6 is 0 Å². The summed E-state index contributed by atoms with van der Waals surface area (Å²) >= 11 is 0. The first-order valence-corrected chi connectivity index (χ1v) is 7.00. The molecule has 7 nitrogen and oxygen atoms in total. The van der Waals surface area contributed by atoms with Crippen LogP contribution in [0.3, 0.4) is 0 Å². The zero-order valence-corrected chi connectivity index (χ0v) is 11.6. The molecule has 7 heteroatoms. The lowest BCUT2D eigenvalue weighted by Crippen LogP contribution is -2.41. The van der Waals surface area contributed by atoms with E-state index >= 15 is 0 Å². The van der Waals surface area contributed by atoms with Crippen LogP contribution in [-0.4, -0.2) is 23.2 Å². The van der Waals surface area contributed by atoms with Gasteiger partial charge in [-0.15, -0.1) is 0 Å². The largest absolute Gasteiger partial charge is 0.335 e. The van der Waals surface area contributed by atoms with Crippen LogP contribution in [0.5, 0.6) is 0 Å². The van der Waals surface area contributed by atoms with Crippen molar-refractivity contribution in [2.75, 3.05) is 0 Å². The SMILES string of the molecule is O=C(NN=Cc1ccccc1[N+](=O)[O-])NC1CCCCC1. The van der Waals surface area contributed by atoms with Crippen LogP contribution in [0.4, 0.5) is 10.5 Å². The number of amides is 2. The molecule has 0 bridgehead atoms. The standard InChI is InChI=1S/C14H18N4O3/c19-14(16-12-7-2-1-3-8-12)17-15-10-11-6-4-5-9-13(11)18(20)21/h4-6,9-10,12H,1-3,7-8H2,(H2,16,17,19). The van der Waals surface area contributed by atoms with Gasteiger partial charge in [0.1, 0.15) is 0 Å². The van der Waals surface area contributed by atoms with Gasteiger partial charge in [-0.3, -0.25) is 10.1 Å². The van der Waals surface area contributed by atoms with E-state index in [9.17, 15) is 14.9 Å². The number of rotatable bonds is 4. The maximum absolute atomic E-state index is 11.7. The normalized spacial score (nSPS) is 15.8. The highest BCUT2D eigenvalue weighted by Crippen LogP contribution is 2.17. The fourth-order valence-corrected chi connectivity index (χ4v) is 2.39. The van der Waals surface area contributed by atoms with E-state index in [1.165, 1.54) is 18.7 Å². The van der Waals surface area contributed by atoms with Crippen molar-refractivity contribution in [1.82, 2.24) is 10.7 Å². The second kappa shape index (κ2) is 7.37. The number of carbonyl (C=O) groups is 1. The minimum absolute atomic E-state index is 0.0456. The van der Waals surface area contributed by atoms with Crippen molar-refractivity contribution in [1.29, 1.82) is 0 Å². The van der Waals surface area contributed by atoms with Gasteiger partial charge in [0.05, 0.1) is 16.7 Å². The number of carbonyl (C=O) groups excluding carboxylic acids is 1. The van der Waals surface area contributed by atoms with E-state index in [-0.39, 0.29) is 17.8 Å². The Kier molecular flexibility index (Phi) is 5.25. The predicted molar refractivity (Wildman–Crippen MR) is 79.2 cm³/mol. The summed E-state index contributed by atoms with van der Waals surface area (Å²) in [6.07, 6.45) is 6.73. The first-order valence-electron chi connectivity index (χ1n) is 7.00. The molecule has 0 aliphatic heterocycles. The number of nitrogens with one attached hydrogen (secondary N) is 2. The van der Waals surface area contributed by atoms with Gasteiger partial charge in [-0.2, -0.15) is 5.10 Å². The summed E-state index contributed by atoms with van der Waals surface area (Å²) in [4.78, 5) is 22.0. The number of hydrogen-bond acceptors (Lipinski definition) is 4. The maximum Gasteiger partial charge on any atom is 0.335 e. The van der Waals surface area contributed by atoms with Gasteiger partial charge in [0.15, 0.2) is 0 Å². The fraction of sp³-hybridized carbons (Fsp3) is 0.429. The third-order valence-electron chi connectivity index (χ3n) is 3.44. The first kappa shape index (κ1) is 15.0. The molecule has 1 aliphatic rings. The Morgan fingerprint density at radius 1 is 1.29 bits per heavy atom. The van der Waals surface area contributed by atoms with E-state index in [1.807, 2.05) is 0 Å². The lowest BCUT2D eigenvalue weighted by molar-refractivity contribution is -0.385. The molecular weight excluding hydrogens is 272 g/mol. The van der Waals surface area contributed by atoms with E-state index in [2.05, 4.69) is 15.8 Å². The van der Waals surface area contributed by atoms with E-state index in [0.717, 1.165) is 25.7 Å². The molecule has 0 unspecified atom stereocenters. The summed E-state index contributed by atoms with van der Waals surface area (Å²) in [5.74, 6) is 0. The molecule has 1 saturated carbocycles. The molecule has 0 atom stereocenters. The van der Waals surface area contributed by atoms with Gasteiger partial charge < -0.3 is 5.32 Å². The Labute approximate surface area is 122 Å². The minimum Gasteiger partial charge on any atom is -0.334 e. The number of nitrogens with zero attached hydrogens (tertiary/aromatic N) is 2. The van der Waals surface area contributed by atoms with Crippen molar-refractivity contribution in [2.45, 2.75) is 38.1 Å². The Morgan fingerprint density at radius 2 is 2.00 bits per heavy atom. The van der Waals surface area contributed by atoms with Crippen LogP contribution in [0, 0.1) is 10.1 Å². The van der Waals surface area contributed by atoms with Gasteiger partial charge in [0, 0.05) is 12.1 Å². The van der Waals surface area contributed by atoms with E-state index in [4.69, 9.17) is 0 Å². The molecule has 0 saturated heterocycles. The Morgan fingerprint density at radius 3 is 2.71 bits per heavy atom. The zero-order valence-electron chi connectivity index (χ0n) is 11.6. The third kappa shape index (κ3) is 4.55. The summed E-state index contributed by atoms with van der Waals surface area (Å²) in [7, 11) is 0. The van der Waals surface area contributed by atoms with Crippen molar-refractivity contribution in [3.8, 4) is 0 Å². The number of nitro benzene ring substituents is 1. The van der Waals surface area contributed by atoms with Gasteiger partial charge in [-0.05, 0) is 18.9 Å². The van der Waals surface area contributed by atoms with Crippen LogP contribution in [0.1, 0.15) is 37.7 Å². The molecule has 1 aliphatic carbocycles. The lowest BCUT2D eigenvalue weighted by Gasteiger charge is -2.22. The summed E-state index contributed by atoms with van der Waals surface area (Å²) < 4.78 is 0.